The van der Waals surface area contributed by atoms with Crippen LogP contribution in [-0.2, 0) is 19.1 Å². The maximum absolute atomic E-state index is 12.1. The van der Waals surface area contributed by atoms with E-state index < -0.39 is 5.41 Å². The smallest absolute Gasteiger partial charge is 0.311 e. The van der Waals surface area contributed by atoms with Gasteiger partial charge < -0.3 is 9.47 Å². The van der Waals surface area contributed by atoms with E-state index in [-0.39, 0.29) is 40.6 Å². The average molecular weight is 270 g/mol. The van der Waals surface area contributed by atoms with Gasteiger partial charge in [-0.25, -0.2) is 0 Å². The molecule has 0 aromatic rings. The fourth-order valence-electron chi connectivity index (χ4n) is 2.81. The second-order valence-corrected chi connectivity index (χ2v) is 7.41. The average Bonchev–Trinajstić information content (AvgIpc) is 2.93. The highest BCUT2D eigenvalue weighted by Gasteiger charge is 2.64. The van der Waals surface area contributed by atoms with Crippen LogP contribution in [0, 0.1) is 11.3 Å². The third-order valence-electron chi connectivity index (χ3n) is 4.46. The summed E-state index contributed by atoms with van der Waals surface area (Å²) in [5, 5.41) is 0.457. The minimum Gasteiger partial charge on any atom is -0.457 e. The summed E-state index contributed by atoms with van der Waals surface area (Å²) >= 11 is 1.76. The Morgan fingerprint density at radius 2 is 2.28 bits per heavy atom. The predicted octanol–water partition coefficient (Wildman–Crippen LogP) is 1.76. The summed E-state index contributed by atoms with van der Waals surface area (Å²) in [6, 6.07) is 0. The van der Waals surface area contributed by atoms with E-state index in [1.54, 1.807) is 11.8 Å². The van der Waals surface area contributed by atoms with Gasteiger partial charge in [0.25, 0.3) is 0 Å². The van der Waals surface area contributed by atoms with E-state index in [1.165, 1.54) is 0 Å². The monoisotopic (exact) mass is 270 g/mol. The minimum atomic E-state index is -0.464. The van der Waals surface area contributed by atoms with Gasteiger partial charge in [-0.05, 0) is 26.7 Å². The molecule has 3 saturated heterocycles. The zero-order valence-corrected chi connectivity index (χ0v) is 11.7. The van der Waals surface area contributed by atoms with Crippen molar-refractivity contribution in [2.45, 2.75) is 56.3 Å². The second-order valence-electron chi connectivity index (χ2n) is 5.99. The number of carbonyl (C=O) groups is 2. The van der Waals surface area contributed by atoms with Crippen molar-refractivity contribution in [3.05, 3.63) is 0 Å². The molecule has 0 saturated carbocycles. The molecule has 0 spiro atoms. The van der Waals surface area contributed by atoms with Crippen LogP contribution >= 0.6 is 11.8 Å². The first kappa shape index (κ1) is 12.3. The van der Waals surface area contributed by atoms with Gasteiger partial charge >= 0.3 is 11.9 Å². The van der Waals surface area contributed by atoms with Crippen molar-refractivity contribution in [1.82, 2.24) is 0 Å². The van der Waals surface area contributed by atoms with Gasteiger partial charge in [0.2, 0.25) is 0 Å². The molecule has 0 aromatic carbocycles. The number of esters is 2. The standard InChI is InChI=1S/C13H18O4S/c1-4-13(2,3)12(15)17-8-7-5-6-10(18-7)9(8)16-11(6)14/h6-10H,4-5H2,1-3H3. The summed E-state index contributed by atoms with van der Waals surface area (Å²) in [6.45, 7) is 5.75. The predicted molar refractivity (Wildman–Crippen MR) is 67.1 cm³/mol. The molecule has 3 aliphatic rings. The van der Waals surface area contributed by atoms with Crippen LogP contribution in [0.3, 0.4) is 0 Å². The normalized spacial score (nSPS) is 41.1. The Bertz CT molecular complexity index is 406. The third kappa shape index (κ3) is 1.59. The molecule has 2 bridgehead atoms. The van der Waals surface area contributed by atoms with E-state index in [9.17, 15) is 9.59 Å². The molecular formula is C13H18O4S. The zero-order valence-electron chi connectivity index (χ0n) is 10.8. The molecule has 100 valence electrons. The van der Waals surface area contributed by atoms with Crippen molar-refractivity contribution in [1.29, 1.82) is 0 Å². The minimum absolute atomic E-state index is 0.0409. The highest BCUT2D eigenvalue weighted by molar-refractivity contribution is 8.01. The van der Waals surface area contributed by atoms with Gasteiger partial charge in [0.15, 0.2) is 12.2 Å². The molecule has 0 amide bonds. The number of hydrogen-bond donors (Lipinski definition) is 0. The molecule has 4 nitrogen and oxygen atoms in total. The third-order valence-corrected chi connectivity index (χ3v) is 6.18. The lowest BCUT2D eigenvalue weighted by atomic mass is 9.87. The van der Waals surface area contributed by atoms with E-state index in [4.69, 9.17) is 9.47 Å². The van der Waals surface area contributed by atoms with E-state index in [0.29, 0.717) is 0 Å². The Hall–Kier alpha value is -0.710. The molecular weight excluding hydrogens is 252 g/mol. The molecule has 3 fully saturated rings. The van der Waals surface area contributed by atoms with Gasteiger partial charge in [0, 0.05) is 5.25 Å². The summed E-state index contributed by atoms with van der Waals surface area (Å²) in [5.74, 6) is -0.241. The molecule has 18 heavy (non-hydrogen) atoms. The Labute approximate surface area is 111 Å². The van der Waals surface area contributed by atoms with E-state index in [1.807, 2.05) is 20.8 Å². The number of hydrogen-bond acceptors (Lipinski definition) is 5. The Kier molecular flexibility index (Phi) is 2.66. The van der Waals surface area contributed by atoms with Crippen LogP contribution < -0.4 is 0 Å². The summed E-state index contributed by atoms with van der Waals surface area (Å²) in [5.41, 5.74) is -0.464. The molecule has 5 heteroatoms. The van der Waals surface area contributed by atoms with Crippen LogP contribution in [0.25, 0.3) is 0 Å². The maximum atomic E-state index is 12.1. The second kappa shape index (κ2) is 3.89. The van der Waals surface area contributed by atoms with Gasteiger partial charge in [-0.2, -0.15) is 0 Å². The lowest BCUT2D eigenvalue weighted by Crippen LogP contribution is -2.42. The van der Waals surface area contributed by atoms with E-state index in [0.717, 1.165) is 12.8 Å². The fourth-order valence-corrected chi connectivity index (χ4v) is 4.67. The van der Waals surface area contributed by atoms with Gasteiger partial charge in [0.1, 0.15) is 0 Å². The summed E-state index contributed by atoms with van der Waals surface area (Å²) in [4.78, 5) is 23.7. The van der Waals surface area contributed by atoms with E-state index >= 15 is 0 Å². The Balaban J connectivity index is 1.73. The fraction of sp³-hybridized carbons (Fsp3) is 0.846. The van der Waals surface area contributed by atoms with Crippen LogP contribution in [-0.4, -0.2) is 34.6 Å². The Morgan fingerprint density at radius 1 is 1.56 bits per heavy atom. The summed E-state index contributed by atoms with van der Waals surface area (Å²) in [6.07, 6.45) is 1.10. The van der Waals surface area contributed by atoms with Crippen LogP contribution in [0.4, 0.5) is 0 Å². The largest absolute Gasteiger partial charge is 0.457 e. The first-order chi connectivity index (χ1) is 8.44. The molecule has 0 aliphatic carbocycles. The Morgan fingerprint density at radius 3 is 2.94 bits per heavy atom. The molecule has 0 N–H and O–H groups in total. The molecule has 3 rings (SSSR count). The molecule has 5 atom stereocenters. The maximum Gasteiger partial charge on any atom is 0.311 e. The van der Waals surface area contributed by atoms with Crippen molar-refractivity contribution >= 4 is 23.7 Å². The highest BCUT2D eigenvalue weighted by Crippen LogP contribution is 2.56. The van der Waals surface area contributed by atoms with Crippen molar-refractivity contribution in [3.63, 3.8) is 0 Å². The van der Waals surface area contributed by atoms with Gasteiger partial charge in [-0.1, -0.05) is 6.92 Å². The number of carbonyl (C=O) groups excluding carboxylic acids is 2. The van der Waals surface area contributed by atoms with Gasteiger partial charge in [0.05, 0.1) is 16.6 Å². The van der Waals surface area contributed by atoms with Gasteiger partial charge in [-0.3, -0.25) is 9.59 Å². The molecule has 3 heterocycles. The van der Waals surface area contributed by atoms with Crippen LogP contribution in [0.1, 0.15) is 33.6 Å². The lowest BCUT2D eigenvalue weighted by Gasteiger charge is -2.28. The molecule has 3 aliphatic heterocycles. The highest BCUT2D eigenvalue weighted by atomic mass is 32.2. The number of fused-ring (bicyclic) bond motifs is 1. The van der Waals surface area contributed by atoms with Crippen molar-refractivity contribution in [2.24, 2.45) is 11.3 Å². The van der Waals surface area contributed by atoms with Crippen LogP contribution in [0.15, 0.2) is 0 Å². The SMILES string of the molecule is CCC(C)(C)C(=O)OC1C2CC3C(=O)OC1C3S2. The number of rotatable bonds is 3. The first-order valence-corrected chi connectivity index (χ1v) is 7.45. The van der Waals surface area contributed by atoms with Crippen molar-refractivity contribution in [3.8, 4) is 0 Å². The van der Waals surface area contributed by atoms with Crippen LogP contribution in [0.2, 0.25) is 0 Å². The van der Waals surface area contributed by atoms with Crippen molar-refractivity contribution < 1.29 is 19.1 Å². The zero-order chi connectivity index (χ0) is 13.1. The molecule has 5 unspecified atom stereocenters. The number of ether oxygens (including phenoxy) is 2. The number of thioether (sulfide) groups is 1. The molecule has 0 aromatic heterocycles. The lowest BCUT2D eigenvalue weighted by molar-refractivity contribution is -0.168. The van der Waals surface area contributed by atoms with Crippen molar-refractivity contribution in [2.75, 3.05) is 0 Å². The van der Waals surface area contributed by atoms with Crippen LogP contribution in [0.5, 0.6) is 0 Å². The molecule has 0 radical (unpaired) electrons. The summed E-state index contributed by atoms with van der Waals surface area (Å²) < 4.78 is 11.0. The quantitative estimate of drug-likeness (QED) is 0.731. The van der Waals surface area contributed by atoms with Gasteiger partial charge in [-0.15, -0.1) is 11.8 Å². The topological polar surface area (TPSA) is 52.6 Å². The van der Waals surface area contributed by atoms with E-state index in [2.05, 4.69) is 0 Å². The summed E-state index contributed by atoms with van der Waals surface area (Å²) in [7, 11) is 0. The first-order valence-electron chi connectivity index (χ1n) is 6.51.